The Morgan fingerprint density at radius 3 is 2.79 bits per heavy atom. The lowest BCUT2D eigenvalue weighted by Gasteiger charge is -2.44. The molecule has 11 heteroatoms. The number of rotatable bonds is 7. The Labute approximate surface area is 171 Å². The molecule has 0 radical (unpaired) electrons. The summed E-state index contributed by atoms with van der Waals surface area (Å²) >= 11 is 1.64. The summed E-state index contributed by atoms with van der Waals surface area (Å²) in [6.07, 6.45) is 0.192. The van der Waals surface area contributed by atoms with E-state index in [9.17, 15) is 9.59 Å². The number of tetrazole rings is 1. The average Bonchev–Trinajstić information content (AvgIpc) is 3.30. The highest BCUT2D eigenvalue weighted by Crippen LogP contribution is 2.56. The topological polar surface area (TPSA) is 139 Å². The molecule has 2 fully saturated rings. The van der Waals surface area contributed by atoms with Gasteiger partial charge in [0.05, 0.1) is 6.42 Å². The number of amides is 2. The second kappa shape index (κ2) is 7.64. The van der Waals surface area contributed by atoms with Crippen LogP contribution in [0.4, 0.5) is 0 Å². The predicted molar refractivity (Wildman–Crippen MR) is 106 cm³/mol. The lowest BCUT2D eigenvalue weighted by Crippen LogP contribution is -2.68. The number of nitrogens with two attached hydrogens (primary N) is 1. The Kier molecular flexibility index (Phi) is 5.17. The number of hydrogen-bond acceptors (Lipinski definition) is 8. The molecular formula is C18H23N7O3S. The fraction of sp³-hybridized carbons (Fsp3) is 0.500. The second-order valence-electron chi connectivity index (χ2n) is 7.55. The monoisotopic (exact) mass is 417 g/mol. The van der Waals surface area contributed by atoms with Gasteiger partial charge in [0, 0.05) is 11.3 Å². The molecule has 1 aromatic carbocycles. The minimum atomic E-state index is -0.542. The van der Waals surface area contributed by atoms with Crippen molar-refractivity contribution in [2.45, 2.75) is 42.5 Å². The van der Waals surface area contributed by atoms with Gasteiger partial charge in [-0.1, -0.05) is 12.1 Å². The van der Waals surface area contributed by atoms with Gasteiger partial charge in [0.25, 0.3) is 0 Å². The highest BCUT2D eigenvalue weighted by Gasteiger charge is 2.63. The molecule has 0 aliphatic carbocycles. The Bertz CT molecular complexity index is 887. The number of hydrogen-bond donors (Lipinski definition) is 3. The summed E-state index contributed by atoms with van der Waals surface area (Å²) in [7, 11) is 0. The third kappa shape index (κ3) is 3.67. The molecule has 2 unspecified atom stereocenters. The Balaban J connectivity index is 1.37. The zero-order valence-electron chi connectivity index (χ0n) is 16.2. The number of carbonyl (C=O) groups excluding carboxylic acids is 2. The highest BCUT2D eigenvalue weighted by molar-refractivity contribution is 8.01. The van der Waals surface area contributed by atoms with Crippen molar-refractivity contribution in [3.63, 3.8) is 0 Å². The maximum atomic E-state index is 12.8. The molecule has 3 heterocycles. The second-order valence-corrected chi connectivity index (χ2v) is 9.32. The van der Waals surface area contributed by atoms with E-state index in [0.717, 1.165) is 5.56 Å². The quantitative estimate of drug-likeness (QED) is 0.535. The van der Waals surface area contributed by atoms with Crippen LogP contribution in [0.15, 0.2) is 24.3 Å². The minimum absolute atomic E-state index is 0.117. The van der Waals surface area contributed by atoms with E-state index in [2.05, 4.69) is 25.9 Å². The Hall–Kier alpha value is -2.66. The van der Waals surface area contributed by atoms with E-state index in [1.807, 2.05) is 26.0 Å². The molecule has 4 N–H and O–H groups in total. The van der Waals surface area contributed by atoms with Crippen LogP contribution in [0, 0.1) is 0 Å². The van der Waals surface area contributed by atoms with Crippen molar-refractivity contribution in [3.05, 3.63) is 35.7 Å². The van der Waals surface area contributed by atoms with Crippen LogP contribution in [0.1, 0.15) is 31.3 Å². The lowest BCUT2D eigenvalue weighted by atomic mass is 9.95. The Morgan fingerprint density at radius 1 is 1.38 bits per heavy atom. The van der Waals surface area contributed by atoms with Crippen molar-refractivity contribution < 1.29 is 14.3 Å². The van der Waals surface area contributed by atoms with Gasteiger partial charge in [0.15, 0.2) is 5.82 Å². The minimum Gasteiger partial charge on any atom is -0.492 e. The highest BCUT2D eigenvalue weighted by atomic mass is 32.2. The molecule has 1 aromatic heterocycles. The molecule has 154 valence electrons. The molecule has 0 spiro atoms. The van der Waals surface area contributed by atoms with Gasteiger partial charge in [-0.05, 0) is 42.0 Å². The molecular weight excluding hydrogens is 394 g/mol. The third-order valence-electron chi connectivity index (χ3n) is 5.05. The van der Waals surface area contributed by atoms with Crippen LogP contribution in [0.5, 0.6) is 5.75 Å². The SMILES string of the molecule is CC1(C)S[C@H]2C(NC(=O)Cc3ccc(OCCN)cc3)C(=O)N2C1c1nnn[nH]1. The van der Waals surface area contributed by atoms with Crippen molar-refractivity contribution in [1.29, 1.82) is 0 Å². The zero-order chi connectivity index (χ0) is 20.6. The van der Waals surface area contributed by atoms with Gasteiger partial charge >= 0.3 is 0 Å². The summed E-state index contributed by atoms with van der Waals surface area (Å²) in [4.78, 5) is 27.0. The maximum absolute atomic E-state index is 12.8. The first-order valence-corrected chi connectivity index (χ1v) is 10.2. The molecule has 0 saturated carbocycles. The number of carbonyl (C=O) groups is 2. The molecule has 4 rings (SSSR count). The van der Waals surface area contributed by atoms with Gasteiger partial charge in [-0.3, -0.25) is 9.59 Å². The molecule has 0 bridgehead atoms. The molecule has 2 aliphatic rings. The number of nitrogens with zero attached hydrogens (tertiary/aromatic N) is 4. The summed E-state index contributed by atoms with van der Waals surface area (Å²) in [6, 6.07) is 6.48. The van der Waals surface area contributed by atoms with E-state index in [1.54, 1.807) is 28.8 Å². The number of thioether (sulfide) groups is 1. The molecule has 10 nitrogen and oxygen atoms in total. The number of benzene rings is 1. The van der Waals surface area contributed by atoms with E-state index >= 15 is 0 Å². The summed E-state index contributed by atoms with van der Waals surface area (Å²) in [5.41, 5.74) is 6.26. The van der Waals surface area contributed by atoms with E-state index in [0.29, 0.717) is 24.7 Å². The van der Waals surface area contributed by atoms with Crippen molar-refractivity contribution in [3.8, 4) is 5.75 Å². The van der Waals surface area contributed by atoms with Gasteiger partial charge in [-0.2, -0.15) is 0 Å². The molecule has 2 aliphatic heterocycles. The van der Waals surface area contributed by atoms with E-state index in [-0.39, 0.29) is 34.4 Å². The summed E-state index contributed by atoms with van der Waals surface area (Å²) in [5, 5.41) is 16.7. The molecule has 2 amide bonds. The number of H-pyrrole nitrogens is 1. The van der Waals surface area contributed by atoms with Crippen molar-refractivity contribution in [2.24, 2.45) is 5.73 Å². The smallest absolute Gasteiger partial charge is 0.249 e. The van der Waals surface area contributed by atoms with E-state index < -0.39 is 6.04 Å². The lowest BCUT2D eigenvalue weighted by molar-refractivity contribution is -0.151. The summed E-state index contributed by atoms with van der Waals surface area (Å²) < 4.78 is 5.16. The van der Waals surface area contributed by atoms with Gasteiger partial charge in [-0.15, -0.1) is 16.9 Å². The number of ether oxygens (including phenoxy) is 1. The Morgan fingerprint density at radius 2 is 2.14 bits per heavy atom. The van der Waals surface area contributed by atoms with Crippen LogP contribution in [-0.2, 0) is 16.0 Å². The van der Waals surface area contributed by atoms with Gasteiger partial charge < -0.3 is 20.7 Å². The van der Waals surface area contributed by atoms with Crippen molar-refractivity contribution >= 4 is 23.6 Å². The van der Waals surface area contributed by atoms with Gasteiger partial charge in [0.1, 0.15) is 29.8 Å². The summed E-state index contributed by atoms with van der Waals surface area (Å²) in [5.74, 6) is 0.956. The van der Waals surface area contributed by atoms with Crippen molar-refractivity contribution in [1.82, 2.24) is 30.8 Å². The fourth-order valence-electron chi connectivity index (χ4n) is 3.76. The first-order valence-electron chi connectivity index (χ1n) is 9.35. The van der Waals surface area contributed by atoms with Crippen LogP contribution in [0.3, 0.4) is 0 Å². The van der Waals surface area contributed by atoms with Crippen LogP contribution < -0.4 is 15.8 Å². The normalized spacial score (nSPS) is 24.7. The van der Waals surface area contributed by atoms with Crippen LogP contribution in [0.25, 0.3) is 0 Å². The number of aromatic nitrogens is 4. The molecule has 2 saturated heterocycles. The largest absolute Gasteiger partial charge is 0.492 e. The molecule has 3 atom stereocenters. The average molecular weight is 417 g/mol. The van der Waals surface area contributed by atoms with Crippen LogP contribution in [0.2, 0.25) is 0 Å². The first kappa shape index (κ1) is 19.6. The van der Waals surface area contributed by atoms with Crippen molar-refractivity contribution in [2.75, 3.05) is 13.2 Å². The van der Waals surface area contributed by atoms with Crippen LogP contribution in [-0.4, -0.2) is 66.7 Å². The zero-order valence-corrected chi connectivity index (χ0v) is 17.0. The van der Waals surface area contributed by atoms with Gasteiger partial charge in [0.2, 0.25) is 11.8 Å². The van der Waals surface area contributed by atoms with E-state index in [4.69, 9.17) is 10.5 Å². The predicted octanol–water partition coefficient (Wildman–Crippen LogP) is -0.000500. The van der Waals surface area contributed by atoms with E-state index in [1.165, 1.54) is 0 Å². The third-order valence-corrected chi connectivity index (χ3v) is 6.62. The molecule has 2 aromatic rings. The van der Waals surface area contributed by atoms with Crippen LogP contribution >= 0.6 is 11.8 Å². The summed E-state index contributed by atoms with van der Waals surface area (Å²) in [6.45, 7) is 4.98. The fourth-order valence-corrected chi connectivity index (χ4v) is 5.40. The number of fused-ring (bicyclic) bond motifs is 1. The number of aromatic amines is 1. The molecule has 29 heavy (non-hydrogen) atoms. The first-order chi connectivity index (χ1) is 13.9. The maximum Gasteiger partial charge on any atom is 0.249 e. The standard InChI is InChI=1S/C18H23N7O3S/c1-18(2)14(15-21-23-24-22-15)25-16(27)13(17(25)29-18)20-12(26)9-10-3-5-11(6-4-10)28-8-7-19/h3-6,13-14,17H,7-9,19H2,1-2H3,(H,20,26)(H,21,22,23,24)/t13?,14?,17-/m0/s1. The number of β-lactam (4-membered cyclic amide) rings is 1. The number of nitrogens with one attached hydrogen (secondary N) is 2. The van der Waals surface area contributed by atoms with Gasteiger partial charge in [-0.25, -0.2) is 5.10 Å².